The van der Waals surface area contributed by atoms with Crippen molar-refractivity contribution in [3.63, 3.8) is 0 Å². The van der Waals surface area contributed by atoms with Gasteiger partial charge in [-0.15, -0.1) is 0 Å². The summed E-state index contributed by atoms with van der Waals surface area (Å²) in [5.41, 5.74) is 0.131. The maximum Gasteiger partial charge on any atom is 0.343 e. The van der Waals surface area contributed by atoms with Crippen LogP contribution in [0.5, 0.6) is 0 Å². The summed E-state index contributed by atoms with van der Waals surface area (Å²) in [7, 11) is 1.55. The van der Waals surface area contributed by atoms with E-state index in [9.17, 15) is 9.90 Å². The van der Waals surface area contributed by atoms with Gasteiger partial charge in [-0.05, 0) is 32.7 Å². The molecule has 29 heavy (non-hydrogen) atoms. The van der Waals surface area contributed by atoms with Crippen LogP contribution in [0.3, 0.4) is 0 Å². The number of ether oxygens (including phenoxy) is 4. The molecular formula is C22H29NO6. The minimum absolute atomic E-state index is 0.000322. The lowest BCUT2D eigenvalue weighted by Crippen LogP contribution is -2.65. The van der Waals surface area contributed by atoms with E-state index >= 15 is 0 Å². The highest BCUT2D eigenvalue weighted by Crippen LogP contribution is 2.73. The minimum Gasteiger partial charge on any atom is -0.492 e. The van der Waals surface area contributed by atoms with Crippen LogP contribution in [0.15, 0.2) is 22.9 Å². The molecule has 5 fully saturated rings. The molecule has 0 saturated carbocycles. The van der Waals surface area contributed by atoms with Gasteiger partial charge in [0.05, 0.1) is 36.3 Å². The lowest BCUT2D eigenvalue weighted by atomic mass is 9.68. The number of piperidine rings is 1. The summed E-state index contributed by atoms with van der Waals surface area (Å²) in [5.74, 6) is 0.736. The Bertz CT molecular complexity index is 865. The Labute approximate surface area is 170 Å². The van der Waals surface area contributed by atoms with Crippen LogP contribution in [0.25, 0.3) is 0 Å². The number of aliphatic hydroxyl groups excluding tert-OH is 1. The quantitative estimate of drug-likeness (QED) is 0.720. The first-order valence-corrected chi connectivity index (χ1v) is 10.9. The molecule has 0 aliphatic carbocycles. The lowest BCUT2D eigenvalue weighted by molar-refractivity contribution is -0.257. The van der Waals surface area contributed by atoms with Crippen molar-refractivity contribution >= 4 is 5.97 Å². The normalized spacial score (nSPS) is 52.2. The number of rotatable bonds is 4. The molecule has 0 aromatic carbocycles. The van der Waals surface area contributed by atoms with Gasteiger partial charge in [0, 0.05) is 17.9 Å². The van der Waals surface area contributed by atoms with E-state index in [1.165, 1.54) is 0 Å². The number of aliphatic hydroxyl groups is 1. The summed E-state index contributed by atoms with van der Waals surface area (Å²) < 4.78 is 24.4. The molecule has 9 atom stereocenters. The number of allylic oxidation sites excluding steroid dienone is 1. The van der Waals surface area contributed by atoms with Gasteiger partial charge in [0.25, 0.3) is 0 Å². The van der Waals surface area contributed by atoms with Gasteiger partial charge in [-0.1, -0.05) is 20.3 Å². The first-order chi connectivity index (χ1) is 13.9. The van der Waals surface area contributed by atoms with Crippen molar-refractivity contribution in [2.75, 3.05) is 13.7 Å². The molecule has 6 heterocycles. The summed E-state index contributed by atoms with van der Waals surface area (Å²) in [4.78, 5) is 14.7. The van der Waals surface area contributed by atoms with Crippen LogP contribution in [0, 0.1) is 17.8 Å². The molecule has 1 N–H and O–H groups in total. The Balaban J connectivity index is 1.48. The number of fused-ring (bicyclic) bond motifs is 1. The third-order valence-corrected chi connectivity index (χ3v) is 8.57. The fraction of sp³-hybridized carbons (Fsp3) is 0.773. The van der Waals surface area contributed by atoms with E-state index in [1.54, 1.807) is 14.0 Å². The monoisotopic (exact) mass is 403 g/mol. The Morgan fingerprint density at radius 3 is 2.93 bits per heavy atom. The molecule has 5 saturated heterocycles. The molecule has 0 radical (unpaired) electrons. The molecule has 6 aliphatic rings. The maximum atomic E-state index is 12.2. The van der Waals surface area contributed by atoms with Crippen LogP contribution in [0.4, 0.5) is 0 Å². The van der Waals surface area contributed by atoms with Crippen LogP contribution in [0.2, 0.25) is 0 Å². The van der Waals surface area contributed by atoms with E-state index < -0.39 is 11.9 Å². The van der Waals surface area contributed by atoms with Gasteiger partial charge < -0.3 is 24.1 Å². The zero-order valence-electron chi connectivity index (χ0n) is 17.4. The van der Waals surface area contributed by atoms with Gasteiger partial charge in [-0.3, -0.25) is 4.90 Å². The molecular weight excluding hydrogens is 374 g/mol. The zero-order chi connectivity index (χ0) is 20.3. The predicted octanol–water partition coefficient (Wildman–Crippen LogP) is 2.06. The van der Waals surface area contributed by atoms with Gasteiger partial charge in [0.2, 0.25) is 11.5 Å². The third kappa shape index (κ3) is 1.77. The lowest BCUT2D eigenvalue weighted by Gasteiger charge is -2.49. The maximum absolute atomic E-state index is 12.2. The van der Waals surface area contributed by atoms with E-state index in [-0.39, 0.29) is 35.4 Å². The van der Waals surface area contributed by atoms with Crippen molar-refractivity contribution in [3.05, 3.63) is 22.9 Å². The molecule has 158 valence electrons. The largest absolute Gasteiger partial charge is 0.492 e. The van der Waals surface area contributed by atoms with E-state index in [0.29, 0.717) is 28.9 Å². The average Bonchev–Trinajstić information content (AvgIpc) is 3.40. The number of cyclic esters (lactones) is 1. The fourth-order valence-corrected chi connectivity index (χ4v) is 7.74. The van der Waals surface area contributed by atoms with Crippen molar-refractivity contribution < 1.29 is 28.8 Å². The number of nitrogens with zero attached hydrogens (tertiary/aromatic N) is 1. The molecule has 7 nitrogen and oxygen atoms in total. The summed E-state index contributed by atoms with van der Waals surface area (Å²) in [6.07, 6.45) is 3.21. The Kier molecular flexibility index (Phi) is 3.49. The molecule has 5 bridgehead atoms. The standard InChI is InChI=1S/C22H29NO6/c1-5-6-14(24)21-13-7-8-23(21)12-9-15(21)28-22(13)16(12)10(2)18(29-22)19-17(26-4)11(3)20(25)27-19/h10,12-16,24H,5-9H2,1-4H3/b19-18-/t10-,12?,13?,14-,15?,16?,21?,22+/m0/s1. The summed E-state index contributed by atoms with van der Waals surface area (Å²) in [5, 5.41) is 11.3. The second-order valence-corrected chi connectivity index (χ2v) is 9.52. The first-order valence-electron chi connectivity index (χ1n) is 10.9. The molecule has 6 unspecified atom stereocenters. The second-order valence-electron chi connectivity index (χ2n) is 9.52. The zero-order valence-corrected chi connectivity index (χ0v) is 17.4. The Morgan fingerprint density at radius 1 is 1.41 bits per heavy atom. The number of esters is 1. The van der Waals surface area contributed by atoms with Gasteiger partial charge in [-0.2, -0.15) is 0 Å². The summed E-state index contributed by atoms with van der Waals surface area (Å²) in [6.45, 7) is 6.96. The third-order valence-electron chi connectivity index (χ3n) is 8.57. The molecule has 0 aromatic heterocycles. The average molecular weight is 403 g/mol. The SMILES string of the molecule is CCC[C@H](O)C12C3CC4C5[C@H](C)/C(=C6/OC(=O)C(C)=C6OC)O[C@]5(O3)C1CCN42. The number of carbonyl (C=O) groups excluding carboxylic acids is 1. The highest BCUT2D eigenvalue weighted by molar-refractivity contribution is 5.93. The van der Waals surface area contributed by atoms with E-state index in [2.05, 4.69) is 18.7 Å². The van der Waals surface area contributed by atoms with Crippen LogP contribution in [-0.4, -0.2) is 59.2 Å². The van der Waals surface area contributed by atoms with Crippen molar-refractivity contribution in [2.45, 2.75) is 76.0 Å². The topological polar surface area (TPSA) is 77.5 Å². The van der Waals surface area contributed by atoms with Gasteiger partial charge in [0.15, 0.2) is 5.76 Å². The highest BCUT2D eigenvalue weighted by Gasteiger charge is 2.85. The number of hydrogen-bond donors (Lipinski definition) is 1. The molecule has 6 aliphatic heterocycles. The van der Waals surface area contributed by atoms with E-state index in [4.69, 9.17) is 18.9 Å². The molecule has 0 amide bonds. The van der Waals surface area contributed by atoms with Crippen LogP contribution in [0.1, 0.15) is 46.5 Å². The molecule has 6 rings (SSSR count). The Morgan fingerprint density at radius 2 is 2.21 bits per heavy atom. The van der Waals surface area contributed by atoms with Crippen LogP contribution < -0.4 is 0 Å². The second kappa shape index (κ2) is 5.56. The van der Waals surface area contributed by atoms with Crippen molar-refractivity contribution in [1.29, 1.82) is 0 Å². The van der Waals surface area contributed by atoms with Gasteiger partial charge in [-0.25, -0.2) is 4.79 Å². The fourth-order valence-electron chi connectivity index (χ4n) is 7.74. The summed E-state index contributed by atoms with van der Waals surface area (Å²) >= 11 is 0. The smallest absolute Gasteiger partial charge is 0.343 e. The number of carbonyl (C=O) groups is 1. The van der Waals surface area contributed by atoms with Crippen molar-refractivity contribution in [1.82, 2.24) is 4.90 Å². The van der Waals surface area contributed by atoms with Crippen LogP contribution in [-0.2, 0) is 23.7 Å². The van der Waals surface area contributed by atoms with Crippen molar-refractivity contribution in [2.24, 2.45) is 17.8 Å². The summed E-state index contributed by atoms with van der Waals surface area (Å²) in [6, 6.07) is 0.320. The van der Waals surface area contributed by atoms with Crippen molar-refractivity contribution in [3.8, 4) is 0 Å². The Hall–Kier alpha value is -1.57. The number of hydrogen-bond acceptors (Lipinski definition) is 7. The van der Waals surface area contributed by atoms with Gasteiger partial charge in [0.1, 0.15) is 5.76 Å². The molecule has 0 aromatic rings. The van der Waals surface area contributed by atoms with Crippen LogP contribution >= 0.6 is 0 Å². The predicted molar refractivity (Wildman–Crippen MR) is 101 cm³/mol. The highest BCUT2D eigenvalue weighted by atomic mass is 16.7. The first kappa shape index (κ1) is 18.2. The molecule has 7 heteroatoms. The number of methoxy groups -OCH3 is 1. The van der Waals surface area contributed by atoms with E-state index in [1.807, 2.05) is 0 Å². The minimum atomic E-state index is -0.737. The molecule has 1 spiro atoms. The van der Waals surface area contributed by atoms with Gasteiger partial charge >= 0.3 is 5.97 Å². The van der Waals surface area contributed by atoms with E-state index in [0.717, 1.165) is 32.2 Å².